The molecule has 0 saturated heterocycles. The van der Waals surface area contributed by atoms with Crippen LogP contribution in [0.3, 0.4) is 0 Å². The fourth-order valence-electron chi connectivity index (χ4n) is 4.78. The largest absolute Gasteiger partial charge is 0.573 e. The number of ether oxygens (including phenoxy) is 1. The molecule has 1 aliphatic rings. The zero-order valence-corrected chi connectivity index (χ0v) is 22.4. The monoisotopic (exact) mass is 609 g/mol. The van der Waals surface area contributed by atoms with Crippen LogP contribution in [0.1, 0.15) is 28.1 Å². The van der Waals surface area contributed by atoms with E-state index in [0.717, 1.165) is 23.9 Å². The predicted octanol–water partition coefficient (Wildman–Crippen LogP) is 6.83. The number of carbonyl (C=O) groups excluding carboxylic acids is 1. The maximum absolute atomic E-state index is 13.3. The molecular weight excluding hydrogens is 588 g/mol. The fraction of sp³-hybridized carbons (Fsp3) is 0.250. The highest BCUT2D eigenvalue weighted by Crippen LogP contribution is 2.35. The number of aromatic nitrogens is 3. The third-order valence-electron chi connectivity index (χ3n) is 6.64. The Labute approximate surface area is 240 Å². The molecule has 14 heteroatoms. The summed E-state index contributed by atoms with van der Waals surface area (Å²) >= 11 is 5.93. The topological polar surface area (TPSA) is 72.3 Å². The molecular formula is C28H22ClF6N5O2. The molecule has 3 aromatic heterocycles. The van der Waals surface area contributed by atoms with Crippen molar-refractivity contribution in [3.05, 3.63) is 94.2 Å². The fourth-order valence-corrected chi connectivity index (χ4v) is 4.98. The Hall–Kier alpha value is -4.10. The molecule has 1 N–H and O–H groups in total. The number of fused-ring (bicyclic) bond motifs is 3. The van der Waals surface area contributed by atoms with Gasteiger partial charge < -0.3 is 10.1 Å². The number of pyridine rings is 2. The first-order valence-corrected chi connectivity index (χ1v) is 13.0. The minimum Gasteiger partial charge on any atom is -0.406 e. The number of hydrogen-bond acceptors (Lipinski definition) is 5. The first-order chi connectivity index (χ1) is 19.9. The number of nitrogens with zero attached hydrogens (tertiary/aromatic N) is 4. The number of hydrogen-bond donors (Lipinski definition) is 1. The van der Waals surface area contributed by atoms with Crippen LogP contribution in [0.15, 0.2) is 60.9 Å². The standard InChI is InChI=1S/C28H22ClF6N5O2/c29-25-12-17(7-9-36-25)14-38-26(41)40-23-6-5-20(42-28(33,34)35)13-21(23)22-16-39(11-8-24(22)40)10-1-2-19-4-3-18(15-37-19)27(30,31)32/h1-7,9,12-13,15H,8,10-11,14,16H2,(H,38,41)/b2-1+. The van der Waals surface area contributed by atoms with Crippen molar-refractivity contribution in [3.63, 3.8) is 0 Å². The summed E-state index contributed by atoms with van der Waals surface area (Å²) in [5, 5.41) is 3.53. The van der Waals surface area contributed by atoms with Crippen molar-refractivity contribution >= 4 is 34.6 Å². The lowest BCUT2D eigenvalue weighted by Gasteiger charge is -2.27. The molecule has 0 saturated carbocycles. The Morgan fingerprint density at radius 1 is 1.07 bits per heavy atom. The molecule has 5 rings (SSSR count). The molecule has 0 atom stereocenters. The van der Waals surface area contributed by atoms with Gasteiger partial charge in [0.15, 0.2) is 0 Å². The molecule has 1 amide bonds. The quantitative estimate of drug-likeness (QED) is 0.192. The van der Waals surface area contributed by atoms with Crippen LogP contribution in [0.2, 0.25) is 5.15 Å². The number of carbonyl (C=O) groups is 1. The van der Waals surface area contributed by atoms with Crippen LogP contribution < -0.4 is 10.1 Å². The van der Waals surface area contributed by atoms with Gasteiger partial charge in [0.05, 0.1) is 16.8 Å². The van der Waals surface area contributed by atoms with Gasteiger partial charge in [-0.1, -0.05) is 17.7 Å². The minimum absolute atomic E-state index is 0.152. The van der Waals surface area contributed by atoms with Crippen LogP contribution in [-0.4, -0.2) is 44.9 Å². The summed E-state index contributed by atoms with van der Waals surface area (Å²) < 4.78 is 82.8. The third kappa shape index (κ3) is 6.85. The molecule has 7 nitrogen and oxygen atoms in total. The lowest BCUT2D eigenvalue weighted by atomic mass is 10.0. The van der Waals surface area contributed by atoms with E-state index in [0.29, 0.717) is 53.9 Å². The highest BCUT2D eigenvalue weighted by atomic mass is 35.5. The van der Waals surface area contributed by atoms with E-state index in [4.69, 9.17) is 11.6 Å². The van der Waals surface area contributed by atoms with Crippen LogP contribution in [0.4, 0.5) is 31.1 Å². The Balaban J connectivity index is 1.38. The molecule has 0 fully saturated rings. The van der Waals surface area contributed by atoms with Gasteiger partial charge >= 0.3 is 18.6 Å². The number of amides is 1. The molecule has 0 radical (unpaired) electrons. The Kier molecular flexibility index (Phi) is 8.15. The van der Waals surface area contributed by atoms with Crippen molar-refractivity contribution in [3.8, 4) is 5.75 Å². The van der Waals surface area contributed by atoms with Crippen LogP contribution in [0, 0.1) is 0 Å². The smallest absolute Gasteiger partial charge is 0.406 e. The van der Waals surface area contributed by atoms with E-state index in [1.807, 2.05) is 4.90 Å². The van der Waals surface area contributed by atoms with Crippen molar-refractivity contribution in [1.82, 2.24) is 24.8 Å². The van der Waals surface area contributed by atoms with Crippen molar-refractivity contribution in [2.45, 2.75) is 32.0 Å². The molecule has 220 valence electrons. The summed E-state index contributed by atoms with van der Waals surface area (Å²) in [6, 6.07) is 8.90. The van der Waals surface area contributed by atoms with Crippen molar-refractivity contribution in [2.75, 3.05) is 13.1 Å². The first-order valence-electron chi connectivity index (χ1n) is 12.6. The second-order valence-electron chi connectivity index (χ2n) is 9.49. The van der Waals surface area contributed by atoms with Gasteiger partial charge in [-0.3, -0.25) is 14.5 Å². The lowest BCUT2D eigenvalue weighted by Crippen LogP contribution is -2.34. The van der Waals surface area contributed by atoms with Crippen LogP contribution in [0.5, 0.6) is 5.75 Å². The third-order valence-corrected chi connectivity index (χ3v) is 6.84. The van der Waals surface area contributed by atoms with E-state index in [1.54, 1.807) is 24.3 Å². The molecule has 0 aliphatic carbocycles. The molecule has 1 aromatic carbocycles. The zero-order valence-electron chi connectivity index (χ0n) is 21.6. The van der Waals surface area contributed by atoms with Gasteiger partial charge in [0.1, 0.15) is 10.9 Å². The summed E-state index contributed by atoms with van der Waals surface area (Å²) in [5.74, 6) is -0.410. The molecule has 1 aliphatic heterocycles. The molecule has 0 bridgehead atoms. The van der Waals surface area contributed by atoms with Crippen molar-refractivity contribution < 1.29 is 35.9 Å². The number of alkyl halides is 6. The number of nitrogens with one attached hydrogen (secondary N) is 1. The van der Waals surface area contributed by atoms with E-state index in [2.05, 4.69) is 20.0 Å². The van der Waals surface area contributed by atoms with Gasteiger partial charge in [0.2, 0.25) is 0 Å². The highest BCUT2D eigenvalue weighted by Gasteiger charge is 2.33. The minimum atomic E-state index is -4.89. The molecule has 0 spiro atoms. The van der Waals surface area contributed by atoms with Crippen molar-refractivity contribution in [1.29, 1.82) is 0 Å². The highest BCUT2D eigenvalue weighted by molar-refractivity contribution is 6.29. The molecule has 0 unspecified atom stereocenters. The second kappa shape index (κ2) is 11.6. The maximum atomic E-state index is 13.3. The van der Waals surface area contributed by atoms with Gasteiger partial charge in [-0.15, -0.1) is 13.2 Å². The number of halogens is 7. The summed E-state index contributed by atoms with van der Waals surface area (Å²) in [4.78, 5) is 23.1. The van der Waals surface area contributed by atoms with Gasteiger partial charge in [0, 0.05) is 56.1 Å². The van der Waals surface area contributed by atoms with E-state index in [1.165, 1.54) is 29.0 Å². The first kappa shape index (κ1) is 29.4. The van der Waals surface area contributed by atoms with E-state index in [-0.39, 0.29) is 11.7 Å². The summed E-state index contributed by atoms with van der Waals surface area (Å²) in [6.45, 7) is 1.38. The summed E-state index contributed by atoms with van der Waals surface area (Å²) in [7, 11) is 0. The van der Waals surface area contributed by atoms with Gasteiger partial charge in [-0.05, 0) is 59.7 Å². The predicted molar refractivity (Wildman–Crippen MR) is 143 cm³/mol. The Morgan fingerprint density at radius 2 is 1.88 bits per heavy atom. The number of benzene rings is 1. The van der Waals surface area contributed by atoms with Crippen LogP contribution in [0.25, 0.3) is 17.0 Å². The average Bonchev–Trinajstić information content (AvgIpc) is 3.24. The van der Waals surface area contributed by atoms with Crippen LogP contribution >= 0.6 is 11.6 Å². The Bertz CT molecular complexity index is 1630. The van der Waals surface area contributed by atoms with Gasteiger partial charge in [0.25, 0.3) is 0 Å². The van der Waals surface area contributed by atoms with Crippen molar-refractivity contribution in [2.24, 2.45) is 0 Å². The Morgan fingerprint density at radius 3 is 2.57 bits per heavy atom. The van der Waals surface area contributed by atoms with Crippen LogP contribution in [-0.2, 0) is 25.7 Å². The van der Waals surface area contributed by atoms with E-state index < -0.39 is 29.9 Å². The average molecular weight is 610 g/mol. The summed E-state index contributed by atoms with van der Waals surface area (Å²) in [6.07, 6.45) is -3.35. The normalized spacial score (nSPS) is 14.4. The van der Waals surface area contributed by atoms with Gasteiger partial charge in [-0.25, -0.2) is 9.78 Å². The number of rotatable bonds is 6. The molecule has 4 aromatic rings. The maximum Gasteiger partial charge on any atom is 0.573 e. The zero-order chi connectivity index (χ0) is 30.1. The molecule has 42 heavy (non-hydrogen) atoms. The van der Waals surface area contributed by atoms with E-state index >= 15 is 0 Å². The van der Waals surface area contributed by atoms with E-state index in [9.17, 15) is 31.1 Å². The lowest BCUT2D eigenvalue weighted by molar-refractivity contribution is -0.274. The summed E-state index contributed by atoms with van der Waals surface area (Å²) in [5.41, 5.74) is 1.97. The SMILES string of the molecule is O=C(NCc1ccnc(Cl)c1)n1c2c(c3cc(OC(F)(F)F)ccc31)CN(C/C=C/c1ccc(C(F)(F)F)cn1)CC2. The van der Waals surface area contributed by atoms with Gasteiger partial charge in [-0.2, -0.15) is 13.2 Å². The second-order valence-corrected chi connectivity index (χ2v) is 9.88. The molecule has 4 heterocycles.